The van der Waals surface area contributed by atoms with E-state index in [9.17, 15) is 0 Å². The molecule has 0 aliphatic carbocycles. The third kappa shape index (κ3) is 2.72. The Balaban J connectivity index is 1.96. The van der Waals surface area contributed by atoms with Crippen molar-refractivity contribution < 1.29 is 0 Å². The molecule has 21 heavy (non-hydrogen) atoms. The van der Waals surface area contributed by atoms with Gasteiger partial charge in [-0.15, -0.1) is 0 Å². The van der Waals surface area contributed by atoms with Crippen molar-refractivity contribution in [2.75, 3.05) is 11.1 Å². The van der Waals surface area contributed by atoms with Gasteiger partial charge in [-0.25, -0.2) is 0 Å². The highest BCUT2D eigenvalue weighted by Crippen LogP contribution is 2.29. The van der Waals surface area contributed by atoms with Crippen LogP contribution in [-0.4, -0.2) is 20.2 Å². The average Bonchev–Trinajstić information content (AvgIpc) is 2.86. The van der Waals surface area contributed by atoms with Crippen LogP contribution < -0.4 is 11.1 Å². The molecule has 1 unspecified atom stereocenters. The fraction of sp³-hybridized carbons (Fsp3) is 0.154. The maximum atomic E-state index is 6.22. The molecule has 8 heteroatoms. The van der Waals surface area contributed by atoms with Crippen LogP contribution in [0.15, 0.2) is 24.4 Å². The highest BCUT2D eigenvalue weighted by molar-refractivity contribution is 6.35. The first-order valence-electron chi connectivity index (χ1n) is 6.22. The zero-order valence-corrected chi connectivity index (χ0v) is 12.6. The molecule has 0 radical (unpaired) electrons. The van der Waals surface area contributed by atoms with Crippen molar-refractivity contribution in [3.63, 3.8) is 0 Å². The molecule has 3 rings (SSSR count). The Morgan fingerprint density at radius 1 is 1.29 bits per heavy atom. The quantitative estimate of drug-likeness (QED) is 0.687. The van der Waals surface area contributed by atoms with Crippen molar-refractivity contribution in [2.45, 2.75) is 13.0 Å². The van der Waals surface area contributed by atoms with Gasteiger partial charge in [0.25, 0.3) is 0 Å². The first kappa shape index (κ1) is 13.9. The second-order valence-corrected chi connectivity index (χ2v) is 5.44. The van der Waals surface area contributed by atoms with Gasteiger partial charge in [-0.05, 0) is 24.6 Å². The summed E-state index contributed by atoms with van der Waals surface area (Å²) in [6, 6.07) is 5.29. The molecule has 0 aliphatic rings. The van der Waals surface area contributed by atoms with Gasteiger partial charge < -0.3 is 11.1 Å². The predicted octanol–water partition coefficient (Wildman–Crippen LogP) is 3.42. The summed E-state index contributed by atoms with van der Waals surface area (Å²) in [6.07, 6.45) is 1.65. The van der Waals surface area contributed by atoms with Crippen LogP contribution in [0.2, 0.25) is 10.0 Å². The maximum absolute atomic E-state index is 6.22. The van der Waals surface area contributed by atoms with E-state index in [1.807, 2.05) is 13.0 Å². The number of aromatic nitrogens is 4. The van der Waals surface area contributed by atoms with E-state index in [2.05, 4.69) is 25.5 Å². The smallest absolute Gasteiger partial charge is 0.224 e. The summed E-state index contributed by atoms with van der Waals surface area (Å²) < 4.78 is 0. The van der Waals surface area contributed by atoms with Crippen molar-refractivity contribution in [2.24, 2.45) is 0 Å². The van der Waals surface area contributed by atoms with Crippen molar-refractivity contribution in [3.8, 4) is 0 Å². The van der Waals surface area contributed by atoms with Gasteiger partial charge in [-0.3, -0.25) is 5.10 Å². The highest BCUT2D eigenvalue weighted by Gasteiger charge is 2.14. The van der Waals surface area contributed by atoms with E-state index in [1.54, 1.807) is 18.3 Å². The van der Waals surface area contributed by atoms with Gasteiger partial charge in [0.1, 0.15) is 5.82 Å². The number of hydrogen-bond donors (Lipinski definition) is 3. The second kappa shape index (κ2) is 5.38. The van der Waals surface area contributed by atoms with Gasteiger partial charge in [0.15, 0.2) is 5.65 Å². The molecular weight excluding hydrogens is 311 g/mol. The first-order chi connectivity index (χ1) is 10.0. The maximum Gasteiger partial charge on any atom is 0.224 e. The zero-order valence-electron chi connectivity index (χ0n) is 11.1. The predicted molar refractivity (Wildman–Crippen MR) is 84.6 cm³/mol. The summed E-state index contributed by atoms with van der Waals surface area (Å²) in [7, 11) is 0. The molecule has 2 heterocycles. The number of nitrogens with two attached hydrogens (primary N) is 1. The third-order valence-corrected chi connectivity index (χ3v) is 3.67. The van der Waals surface area contributed by atoms with Crippen molar-refractivity contribution in [1.29, 1.82) is 0 Å². The molecule has 0 fully saturated rings. The Morgan fingerprint density at radius 3 is 2.86 bits per heavy atom. The normalized spacial score (nSPS) is 12.5. The lowest BCUT2D eigenvalue weighted by Crippen LogP contribution is -2.10. The number of fused-ring (bicyclic) bond motifs is 1. The third-order valence-electron chi connectivity index (χ3n) is 3.11. The molecule has 108 valence electrons. The van der Waals surface area contributed by atoms with Crippen LogP contribution in [0.4, 0.5) is 11.8 Å². The van der Waals surface area contributed by atoms with Crippen LogP contribution in [0.1, 0.15) is 18.5 Å². The minimum Gasteiger partial charge on any atom is -0.368 e. The molecule has 4 N–H and O–H groups in total. The molecule has 0 saturated carbocycles. The first-order valence-corrected chi connectivity index (χ1v) is 6.98. The lowest BCUT2D eigenvalue weighted by Gasteiger charge is -2.17. The Morgan fingerprint density at radius 2 is 2.10 bits per heavy atom. The Kier molecular flexibility index (Phi) is 3.57. The van der Waals surface area contributed by atoms with Gasteiger partial charge in [0, 0.05) is 10.0 Å². The number of aromatic amines is 1. The molecule has 0 spiro atoms. The van der Waals surface area contributed by atoms with Gasteiger partial charge in [-0.2, -0.15) is 15.1 Å². The van der Waals surface area contributed by atoms with E-state index in [-0.39, 0.29) is 12.0 Å². The lowest BCUT2D eigenvalue weighted by atomic mass is 10.1. The summed E-state index contributed by atoms with van der Waals surface area (Å²) in [5.41, 5.74) is 7.19. The lowest BCUT2D eigenvalue weighted by molar-refractivity contribution is 0.877. The summed E-state index contributed by atoms with van der Waals surface area (Å²) in [5, 5.41) is 11.9. The van der Waals surface area contributed by atoms with Crippen LogP contribution in [-0.2, 0) is 0 Å². The fourth-order valence-corrected chi connectivity index (χ4v) is 2.67. The van der Waals surface area contributed by atoms with Crippen LogP contribution in [0, 0.1) is 0 Å². The molecule has 2 aromatic heterocycles. The van der Waals surface area contributed by atoms with Crippen LogP contribution in [0.5, 0.6) is 0 Å². The number of H-pyrrole nitrogens is 1. The summed E-state index contributed by atoms with van der Waals surface area (Å²) in [5.74, 6) is 0.772. The van der Waals surface area contributed by atoms with Crippen LogP contribution in [0.3, 0.4) is 0 Å². The second-order valence-electron chi connectivity index (χ2n) is 4.59. The molecule has 0 saturated heterocycles. The highest BCUT2D eigenvalue weighted by atomic mass is 35.5. The zero-order chi connectivity index (χ0) is 15.0. The number of nitrogens with one attached hydrogen (secondary N) is 2. The van der Waals surface area contributed by atoms with E-state index in [1.165, 1.54) is 0 Å². The standard InChI is InChI=1S/C13H12Cl2N6/c1-6(8-3-2-7(14)4-10(8)15)18-11-9-5-17-21-12(9)20-13(16)19-11/h2-6H,1H3,(H4,16,17,18,19,20,21). The van der Waals surface area contributed by atoms with Gasteiger partial charge >= 0.3 is 0 Å². The molecule has 0 aliphatic heterocycles. The minimum atomic E-state index is -0.0813. The topological polar surface area (TPSA) is 92.5 Å². The Hall–Kier alpha value is -2.05. The van der Waals surface area contributed by atoms with E-state index in [0.29, 0.717) is 21.5 Å². The molecule has 0 bridgehead atoms. The number of benzene rings is 1. The van der Waals surface area contributed by atoms with E-state index in [4.69, 9.17) is 28.9 Å². The largest absolute Gasteiger partial charge is 0.368 e. The van der Waals surface area contributed by atoms with Crippen molar-refractivity contribution >= 4 is 46.0 Å². The Labute approximate surface area is 130 Å². The molecule has 1 aromatic carbocycles. The molecule has 1 atom stereocenters. The number of nitrogen functional groups attached to an aromatic ring is 1. The molecular formula is C13H12Cl2N6. The number of halogens is 2. The van der Waals surface area contributed by atoms with Gasteiger partial charge in [-0.1, -0.05) is 29.3 Å². The molecule has 6 nitrogen and oxygen atoms in total. The van der Waals surface area contributed by atoms with E-state index >= 15 is 0 Å². The number of hydrogen-bond acceptors (Lipinski definition) is 5. The van der Waals surface area contributed by atoms with Crippen LogP contribution >= 0.6 is 23.2 Å². The number of rotatable bonds is 3. The van der Waals surface area contributed by atoms with E-state index < -0.39 is 0 Å². The molecule has 3 aromatic rings. The summed E-state index contributed by atoms with van der Waals surface area (Å²) in [4.78, 5) is 8.28. The van der Waals surface area contributed by atoms with Gasteiger partial charge in [0.05, 0.1) is 17.6 Å². The summed E-state index contributed by atoms with van der Waals surface area (Å²) in [6.45, 7) is 1.97. The van der Waals surface area contributed by atoms with E-state index in [0.717, 1.165) is 10.9 Å². The van der Waals surface area contributed by atoms with Crippen LogP contribution in [0.25, 0.3) is 11.0 Å². The SMILES string of the molecule is CC(Nc1nc(N)nc2[nH]ncc12)c1ccc(Cl)cc1Cl. The van der Waals surface area contributed by atoms with Gasteiger partial charge in [0.2, 0.25) is 5.95 Å². The minimum absolute atomic E-state index is 0.0813. The number of nitrogens with zero attached hydrogens (tertiary/aromatic N) is 3. The van der Waals surface area contributed by atoms with Crippen molar-refractivity contribution in [1.82, 2.24) is 20.2 Å². The Bertz CT molecular complexity index is 800. The monoisotopic (exact) mass is 322 g/mol. The number of anilines is 2. The average molecular weight is 323 g/mol. The molecule has 0 amide bonds. The van der Waals surface area contributed by atoms with Crippen molar-refractivity contribution in [3.05, 3.63) is 40.0 Å². The fourth-order valence-electron chi connectivity index (χ4n) is 2.10. The summed E-state index contributed by atoms with van der Waals surface area (Å²) >= 11 is 12.1.